The van der Waals surface area contributed by atoms with E-state index in [0.717, 1.165) is 45.6 Å². The number of likely N-dealkylation sites (N-methyl/N-ethyl adjacent to an activating group) is 1. The molecule has 2 fully saturated rings. The monoisotopic (exact) mass is 362 g/mol. The molecule has 0 aliphatic carbocycles. The van der Waals surface area contributed by atoms with Crippen LogP contribution in [0.3, 0.4) is 0 Å². The van der Waals surface area contributed by atoms with Gasteiger partial charge in [-0.1, -0.05) is 12.1 Å². The third kappa shape index (κ3) is 4.21. The maximum Gasteiger partial charge on any atom is 0.244 e. The number of nitriles is 1. The van der Waals surface area contributed by atoms with E-state index < -0.39 is 10.0 Å². The van der Waals surface area contributed by atoms with Crippen molar-refractivity contribution >= 4 is 10.0 Å². The normalized spacial score (nSPS) is 24.1. The van der Waals surface area contributed by atoms with Crippen LogP contribution in [-0.4, -0.2) is 75.4 Å². The first-order valence-electron chi connectivity index (χ1n) is 8.91. The predicted molar refractivity (Wildman–Crippen MR) is 96.6 cm³/mol. The fraction of sp³-hybridized carbons (Fsp3) is 0.611. The first kappa shape index (κ1) is 18.3. The van der Waals surface area contributed by atoms with Crippen LogP contribution in [0, 0.1) is 17.2 Å². The largest absolute Gasteiger partial charge is 0.304 e. The molecule has 1 aromatic rings. The summed E-state index contributed by atoms with van der Waals surface area (Å²) in [7, 11) is -1.47. The summed E-state index contributed by atoms with van der Waals surface area (Å²) in [5.41, 5.74) is 0.226. The van der Waals surface area contributed by atoms with Crippen molar-refractivity contribution in [2.45, 2.75) is 17.7 Å². The highest BCUT2D eigenvalue weighted by molar-refractivity contribution is 7.89. The van der Waals surface area contributed by atoms with Gasteiger partial charge in [0.1, 0.15) is 6.07 Å². The molecule has 2 aliphatic rings. The maximum atomic E-state index is 13.0. The van der Waals surface area contributed by atoms with Crippen LogP contribution in [0.4, 0.5) is 0 Å². The second-order valence-corrected chi connectivity index (χ2v) is 8.99. The molecule has 0 radical (unpaired) electrons. The first-order valence-corrected chi connectivity index (χ1v) is 10.3. The van der Waals surface area contributed by atoms with E-state index in [0.29, 0.717) is 19.0 Å². The van der Waals surface area contributed by atoms with Crippen LogP contribution in [0.25, 0.3) is 0 Å². The quantitative estimate of drug-likeness (QED) is 0.805. The fourth-order valence-corrected chi connectivity index (χ4v) is 5.41. The third-order valence-electron chi connectivity index (χ3n) is 5.22. The molecule has 2 heterocycles. The molecule has 6 nitrogen and oxygen atoms in total. The lowest BCUT2D eigenvalue weighted by molar-refractivity contribution is 0.118. The van der Waals surface area contributed by atoms with E-state index in [1.807, 2.05) is 6.07 Å². The van der Waals surface area contributed by atoms with Gasteiger partial charge in [0.25, 0.3) is 0 Å². The highest BCUT2D eigenvalue weighted by Gasteiger charge is 2.32. The lowest BCUT2D eigenvalue weighted by Gasteiger charge is -2.38. The summed E-state index contributed by atoms with van der Waals surface area (Å²) in [6.07, 6.45) is 1.95. The highest BCUT2D eigenvalue weighted by Crippen LogP contribution is 2.26. The average Bonchev–Trinajstić information content (AvgIpc) is 2.64. The van der Waals surface area contributed by atoms with Crippen LogP contribution < -0.4 is 0 Å². The molecule has 2 aliphatic heterocycles. The van der Waals surface area contributed by atoms with Crippen LogP contribution >= 0.6 is 0 Å². The van der Waals surface area contributed by atoms with Crippen LogP contribution in [0.2, 0.25) is 0 Å². The Kier molecular flexibility index (Phi) is 5.74. The number of hydrogen-bond donors (Lipinski definition) is 0. The highest BCUT2D eigenvalue weighted by atomic mass is 32.2. The topological polar surface area (TPSA) is 67.7 Å². The lowest BCUT2D eigenvalue weighted by Crippen LogP contribution is -2.49. The van der Waals surface area contributed by atoms with E-state index >= 15 is 0 Å². The Balaban J connectivity index is 1.69. The van der Waals surface area contributed by atoms with Gasteiger partial charge in [-0.15, -0.1) is 0 Å². The number of piperidine rings is 1. The lowest BCUT2D eigenvalue weighted by atomic mass is 9.99. The molecule has 0 aromatic heterocycles. The molecular weight excluding hydrogens is 336 g/mol. The molecule has 0 saturated carbocycles. The van der Waals surface area contributed by atoms with Gasteiger partial charge in [0.2, 0.25) is 10.0 Å². The molecule has 1 atom stereocenters. The van der Waals surface area contributed by atoms with Crippen LogP contribution in [0.1, 0.15) is 18.4 Å². The smallest absolute Gasteiger partial charge is 0.244 e. The summed E-state index contributed by atoms with van der Waals surface area (Å²) in [5.74, 6) is 0.362. The van der Waals surface area contributed by atoms with Crippen molar-refractivity contribution in [1.29, 1.82) is 5.26 Å². The van der Waals surface area contributed by atoms with Gasteiger partial charge < -0.3 is 9.80 Å². The minimum atomic E-state index is -3.60. The molecule has 3 rings (SSSR count). The van der Waals surface area contributed by atoms with Gasteiger partial charge in [0.05, 0.1) is 10.5 Å². The van der Waals surface area contributed by atoms with Crippen molar-refractivity contribution in [1.82, 2.24) is 14.1 Å². The van der Waals surface area contributed by atoms with Crippen molar-refractivity contribution in [2.75, 3.05) is 52.9 Å². The van der Waals surface area contributed by atoms with Crippen LogP contribution in [0.15, 0.2) is 29.2 Å². The summed E-state index contributed by atoms with van der Waals surface area (Å²) in [4.78, 5) is 4.91. The first-order chi connectivity index (χ1) is 12.0. The number of sulfonamides is 1. The Hall–Kier alpha value is -1.46. The van der Waals surface area contributed by atoms with Gasteiger partial charge >= 0.3 is 0 Å². The molecule has 136 valence electrons. The predicted octanol–water partition coefficient (Wildman–Crippen LogP) is 1.21. The van der Waals surface area contributed by atoms with Gasteiger partial charge in [-0.25, -0.2) is 8.42 Å². The van der Waals surface area contributed by atoms with Crippen molar-refractivity contribution in [3.05, 3.63) is 29.8 Å². The Morgan fingerprint density at radius 2 is 1.88 bits per heavy atom. The van der Waals surface area contributed by atoms with Gasteiger partial charge in [-0.05, 0) is 37.9 Å². The summed E-state index contributed by atoms with van der Waals surface area (Å²) in [5, 5.41) is 9.23. The summed E-state index contributed by atoms with van der Waals surface area (Å²) < 4.78 is 27.6. The SMILES string of the molecule is CN1CCN(CC2CCCN(S(=O)(=O)c3ccccc3C#N)C2)CC1. The zero-order valence-electron chi connectivity index (χ0n) is 14.8. The number of hydrogen-bond acceptors (Lipinski definition) is 5. The van der Waals surface area contributed by atoms with Gasteiger partial charge in [-0.3, -0.25) is 0 Å². The van der Waals surface area contributed by atoms with E-state index in [1.165, 1.54) is 6.07 Å². The Labute approximate surface area is 150 Å². The van der Waals surface area contributed by atoms with Crippen LogP contribution in [-0.2, 0) is 10.0 Å². The Morgan fingerprint density at radius 1 is 1.16 bits per heavy atom. The van der Waals surface area contributed by atoms with Crippen molar-refractivity contribution in [3.8, 4) is 6.07 Å². The molecule has 0 bridgehead atoms. The van der Waals surface area contributed by atoms with Gasteiger partial charge in [-0.2, -0.15) is 9.57 Å². The van der Waals surface area contributed by atoms with Gasteiger partial charge in [0, 0.05) is 45.8 Å². The maximum absolute atomic E-state index is 13.0. The molecule has 1 aromatic carbocycles. The van der Waals surface area contributed by atoms with E-state index in [4.69, 9.17) is 0 Å². The van der Waals surface area contributed by atoms with E-state index in [1.54, 1.807) is 22.5 Å². The number of benzene rings is 1. The standard InChI is InChI=1S/C18H26N4O2S/c1-20-9-11-21(12-10-20)14-16-5-4-8-22(15-16)25(23,24)18-7-3-2-6-17(18)13-19/h2-3,6-7,16H,4-5,8-12,14-15H2,1H3. The van der Waals surface area contributed by atoms with E-state index in [9.17, 15) is 13.7 Å². The zero-order valence-corrected chi connectivity index (χ0v) is 15.6. The van der Waals surface area contributed by atoms with Crippen molar-refractivity contribution in [2.24, 2.45) is 5.92 Å². The molecular formula is C18H26N4O2S. The Bertz CT molecular complexity index is 736. The number of nitrogens with zero attached hydrogens (tertiary/aromatic N) is 4. The molecule has 7 heteroatoms. The second kappa shape index (κ2) is 7.83. The fourth-order valence-electron chi connectivity index (χ4n) is 3.71. The number of rotatable bonds is 4. The molecule has 25 heavy (non-hydrogen) atoms. The molecule has 0 N–H and O–H groups in total. The Morgan fingerprint density at radius 3 is 2.60 bits per heavy atom. The van der Waals surface area contributed by atoms with E-state index in [-0.39, 0.29) is 10.5 Å². The molecule has 0 amide bonds. The minimum absolute atomic E-state index is 0.137. The summed E-state index contributed by atoms with van der Waals surface area (Å²) in [6.45, 7) is 6.30. The third-order valence-corrected chi connectivity index (χ3v) is 7.14. The zero-order chi connectivity index (χ0) is 17.9. The van der Waals surface area contributed by atoms with Crippen LogP contribution in [0.5, 0.6) is 0 Å². The molecule has 0 spiro atoms. The average molecular weight is 362 g/mol. The van der Waals surface area contributed by atoms with Gasteiger partial charge in [0.15, 0.2) is 0 Å². The van der Waals surface area contributed by atoms with Crippen molar-refractivity contribution < 1.29 is 8.42 Å². The number of piperazine rings is 1. The summed E-state index contributed by atoms with van der Waals surface area (Å²) >= 11 is 0. The minimum Gasteiger partial charge on any atom is -0.304 e. The summed E-state index contributed by atoms with van der Waals surface area (Å²) in [6, 6.07) is 8.49. The van der Waals surface area contributed by atoms with Crippen molar-refractivity contribution in [3.63, 3.8) is 0 Å². The molecule has 2 saturated heterocycles. The van der Waals surface area contributed by atoms with E-state index in [2.05, 4.69) is 16.8 Å². The second-order valence-electron chi connectivity index (χ2n) is 7.08. The molecule has 1 unspecified atom stereocenters.